The molecular weight excluding hydrogens is 183 g/mol. The van der Waals surface area contributed by atoms with Gasteiger partial charge in [0.05, 0.1) is 5.56 Å². The maximum absolute atomic E-state index is 13.1. The summed E-state index contributed by atoms with van der Waals surface area (Å²) in [5, 5.41) is 2.66. The van der Waals surface area contributed by atoms with E-state index in [1.165, 1.54) is 12.1 Å². The quantitative estimate of drug-likeness (QED) is 0.726. The molecule has 1 aliphatic rings. The molecule has 1 amide bonds. The number of carbonyl (C=O) groups excluding carboxylic acids is 1. The second kappa shape index (κ2) is 3.38. The highest BCUT2D eigenvalue weighted by Crippen LogP contribution is 2.18. The Morgan fingerprint density at radius 1 is 1.50 bits per heavy atom. The average Bonchev–Trinajstić information content (AvgIpc) is 2.82. The zero-order valence-corrected chi connectivity index (χ0v) is 7.53. The van der Waals surface area contributed by atoms with Crippen LogP contribution in [0.4, 0.5) is 4.39 Å². The molecule has 0 saturated heterocycles. The van der Waals surface area contributed by atoms with E-state index in [2.05, 4.69) is 5.32 Å². The maximum atomic E-state index is 13.1. The van der Waals surface area contributed by atoms with Crippen LogP contribution in [0.25, 0.3) is 0 Å². The number of nitrogens with one attached hydrogen (secondary N) is 1. The van der Waals surface area contributed by atoms with Crippen molar-refractivity contribution in [2.24, 2.45) is 5.73 Å². The van der Waals surface area contributed by atoms with Crippen molar-refractivity contribution >= 4 is 5.91 Å². The van der Waals surface area contributed by atoms with Gasteiger partial charge < -0.3 is 11.1 Å². The van der Waals surface area contributed by atoms with E-state index < -0.39 is 5.82 Å². The van der Waals surface area contributed by atoms with E-state index in [9.17, 15) is 9.18 Å². The minimum atomic E-state index is -0.501. The van der Waals surface area contributed by atoms with Gasteiger partial charge in [-0.1, -0.05) is 12.1 Å². The summed E-state index contributed by atoms with van der Waals surface area (Å²) in [6.07, 6.45) is 0.778. The van der Waals surface area contributed by atoms with Gasteiger partial charge >= 0.3 is 0 Å². The zero-order valence-electron chi connectivity index (χ0n) is 7.53. The van der Waals surface area contributed by atoms with Gasteiger partial charge in [-0.2, -0.15) is 0 Å². The molecule has 1 aromatic rings. The van der Waals surface area contributed by atoms with Gasteiger partial charge in [0, 0.05) is 12.1 Å². The van der Waals surface area contributed by atoms with Crippen molar-refractivity contribution in [2.45, 2.75) is 18.5 Å². The van der Waals surface area contributed by atoms with Gasteiger partial charge in [-0.15, -0.1) is 0 Å². The van der Waals surface area contributed by atoms with Gasteiger partial charge in [-0.25, -0.2) is 4.39 Å². The summed E-state index contributed by atoms with van der Waals surface area (Å²) in [7, 11) is 0. The molecule has 0 heterocycles. The fourth-order valence-corrected chi connectivity index (χ4v) is 1.27. The number of halogens is 1. The lowest BCUT2D eigenvalue weighted by molar-refractivity contribution is 0.0946. The Morgan fingerprint density at radius 3 is 2.71 bits per heavy atom. The van der Waals surface area contributed by atoms with Crippen molar-refractivity contribution in [3.05, 3.63) is 35.6 Å². The topological polar surface area (TPSA) is 55.1 Å². The Kier molecular flexibility index (Phi) is 2.21. The normalized spacial score (nSPS) is 24.4. The van der Waals surface area contributed by atoms with Crippen molar-refractivity contribution in [1.29, 1.82) is 0 Å². The third-order valence-corrected chi connectivity index (χ3v) is 2.27. The second-order valence-corrected chi connectivity index (χ2v) is 3.46. The van der Waals surface area contributed by atoms with Crippen molar-refractivity contribution in [3.8, 4) is 0 Å². The first kappa shape index (κ1) is 9.15. The van der Waals surface area contributed by atoms with E-state index in [0.29, 0.717) is 0 Å². The van der Waals surface area contributed by atoms with Crippen LogP contribution in [0.15, 0.2) is 24.3 Å². The fraction of sp³-hybridized carbons (Fsp3) is 0.300. The summed E-state index contributed by atoms with van der Waals surface area (Å²) in [6.45, 7) is 0. The van der Waals surface area contributed by atoms with E-state index >= 15 is 0 Å². The number of benzene rings is 1. The molecule has 4 heteroatoms. The molecule has 0 aromatic heterocycles. The average molecular weight is 194 g/mol. The van der Waals surface area contributed by atoms with Crippen molar-refractivity contribution in [1.82, 2.24) is 5.32 Å². The van der Waals surface area contributed by atoms with Crippen LogP contribution in [0.1, 0.15) is 16.8 Å². The molecule has 3 N–H and O–H groups in total. The first-order valence-electron chi connectivity index (χ1n) is 4.49. The van der Waals surface area contributed by atoms with Gasteiger partial charge in [0.25, 0.3) is 5.91 Å². The van der Waals surface area contributed by atoms with Crippen LogP contribution in [0.3, 0.4) is 0 Å². The van der Waals surface area contributed by atoms with E-state index in [4.69, 9.17) is 5.73 Å². The number of carbonyl (C=O) groups is 1. The minimum Gasteiger partial charge on any atom is -0.348 e. The number of hydrogen-bond acceptors (Lipinski definition) is 2. The fourth-order valence-electron chi connectivity index (χ4n) is 1.27. The summed E-state index contributed by atoms with van der Waals surface area (Å²) < 4.78 is 13.1. The highest BCUT2D eigenvalue weighted by atomic mass is 19.1. The monoisotopic (exact) mass is 194 g/mol. The maximum Gasteiger partial charge on any atom is 0.254 e. The summed E-state index contributed by atoms with van der Waals surface area (Å²) in [5.41, 5.74) is 5.60. The molecule has 1 saturated carbocycles. The molecule has 3 nitrogen and oxygen atoms in total. The Hall–Kier alpha value is -1.42. The molecule has 0 spiro atoms. The predicted molar refractivity (Wildman–Crippen MR) is 50.2 cm³/mol. The Balaban J connectivity index is 2.07. The molecule has 2 rings (SSSR count). The molecule has 2 atom stereocenters. The van der Waals surface area contributed by atoms with Crippen LogP contribution in [0, 0.1) is 5.82 Å². The number of nitrogens with two attached hydrogens (primary N) is 1. The molecule has 0 aliphatic heterocycles. The van der Waals surface area contributed by atoms with E-state index in [0.717, 1.165) is 6.42 Å². The Bertz CT molecular complexity index is 367. The molecule has 2 unspecified atom stereocenters. The minimum absolute atomic E-state index is 0.0158. The van der Waals surface area contributed by atoms with Crippen LogP contribution in [-0.4, -0.2) is 18.0 Å². The molecular formula is C10H11FN2O. The highest BCUT2D eigenvalue weighted by molar-refractivity contribution is 5.94. The summed E-state index contributed by atoms with van der Waals surface area (Å²) in [6, 6.07) is 5.95. The van der Waals surface area contributed by atoms with Gasteiger partial charge in [0.1, 0.15) is 5.82 Å². The molecule has 74 valence electrons. The largest absolute Gasteiger partial charge is 0.348 e. The lowest BCUT2D eigenvalue weighted by atomic mass is 10.2. The number of amides is 1. The first-order chi connectivity index (χ1) is 6.68. The van der Waals surface area contributed by atoms with Crippen molar-refractivity contribution in [3.63, 3.8) is 0 Å². The number of hydrogen-bond donors (Lipinski definition) is 2. The first-order valence-corrected chi connectivity index (χ1v) is 4.49. The lowest BCUT2D eigenvalue weighted by Crippen LogP contribution is -2.30. The SMILES string of the molecule is NC1CC1NC(=O)c1ccccc1F. The second-order valence-electron chi connectivity index (χ2n) is 3.46. The van der Waals surface area contributed by atoms with Gasteiger partial charge in [-0.3, -0.25) is 4.79 Å². The van der Waals surface area contributed by atoms with Crippen LogP contribution in [-0.2, 0) is 0 Å². The highest BCUT2D eigenvalue weighted by Gasteiger charge is 2.35. The van der Waals surface area contributed by atoms with Crippen molar-refractivity contribution < 1.29 is 9.18 Å². The standard InChI is InChI=1S/C10H11FN2O/c11-7-4-2-1-3-6(7)10(14)13-9-5-8(9)12/h1-4,8-9H,5,12H2,(H,13,14). The predicted octanol–water partition coefficient (Wildman–Crippen LogP) is 0.655. The van der Waals surface area contributed by atoms with Crippen LogP contribution >= 0.6 is 0 Å². The van der Waals surface area contributed by atoms with Gasteiger partial charge in [0.2, 0.25) is 0 Å². The molecule has 0 radical (unpaired) electrons. The van der Waals surface area contributed by atoms with Gasteiger partial charge in [0.15, 0.2) is 0 Å². The third kappa shape index (κ3) is 1.75. The lowest BCUT2D eigenvalue weighted by Gasteiger charge is -2.03. The van der Waals surface area contributed by atoms with Crippen LogP contribution in [0.2, 0.25) is 0 Å². The molecule has 1 aliphatic carbocycles. The molecule has 1 aromatic carbocycles. The van der Waals surface area contributed by atoms with Crippen LogP contribution < -0.4 is 11.1 Å². The molecule has 0 bridgehead atoms. The summed E-state index contributed by atoms with van der Waals surface area (Å²) >= 11 is 0. The van der Waals surface area contributed by atoms with Crippen LogP contribution in [0.5, 0.6) is 0 Å². The Morgan fingerprint density at radius 2 is 2.14 bits per heavy atom. The van der Waals surface area contributed by atoms with E-state index in [1.807, 2.05) is 0 Å². The third-order valence-electron chi connectivity index (χ3n) is 2.27. The molecule has 14 heavy (non-hydrogen) atoms. The summed E-state index contributed by atoms with van der Waals surface area (Å²) in [4.78, 5) is 11.5. The molecule has 1 fully saturated rings. The van der Waals surface area contributed by atoms with Crippen molar-refractivity contribution in [2.75, 3.05) is 0 Å². The van der Waals surface area contributed by atoms with E-state index in [-0.39, 0.29) is 23.6 Å². The Labute approximate surface area is 81.1 Å². The number of rotatable bonds is 2. The smallest absolute Gasteiger partial charge is 0.254 e. The summed E-state index contributed by atoms with van der Waals surface area (Å²) in [5.74, 6) is -0.889. The van der Waals surface area contributed by atoms with Gasteiger partial charge in [-0.05, 0) is 18.6 Å². The zero-order chi connectivity index (χ0) is 10.1. The van der Waals surface area contributed by atoms with E-state index in [1.54, 1.807) is 12.1 Å².